The summed E-state index contributed by atoms with van der Waals surface area (Å²) in [6.07, 6.45) is 7.85. The highest BCUT2D eigenvalue weighted by Gasteiger charge is 2.14. The molecule has 1 aliphatic rings. The standard InChI is InChI=1S/C16H34N4/c1-4-17-16(19-15-11-8-7-9-12-15)18-13-10-14-20(5-2)6-3/h15H,4-14H2,1-3H3,(H2,17,18,19). The number of aliphatic imine (C=N–C) groups is 1. The van der Waals surface area contributed by atoms with Crippen molar-refractivity contribution in [2.45, 2.75) is 65.3 Å². The van der Waals surface area contributed by atoms with Gasteiger partial charge in [0.05, 0.1) is 0 Å². The van der Waals surface area contributed by atoms with Gasteiger partial charge in [-0.05, 0) is 45.8 Å². The fraction of sp³-hybridized carbons (Fsp3) is 0.938. The second-order valence-corrected chi connectivity index (χ2v) is 5.62. The Labute approximate surface area is 125 Å². The molecule has 0 saturated heterocycles. The van der Waals surface area contributed by atoms with Gasteiger partial charge in [-0.1, -0.05) is 33.1 Å². The van der Waals surface area contributed by atoms with Gasteiger partial charge in [-0.25, -0.2) is 0 Å². The van der Waals surface area contributed by atoms with Gasteiger partial charge in [-0.15, -0.1) is 0 Å². The summed E-state index contributed by atoms with van der Waals surface area (Å²) in [5, 5.41) is 6.97. The van der Waals surface area contributed by atoms with Crippen LogP contribution in [0, 0.1) is 0 Å². The highest BCUT2D eigenvalue weighted by atomic mass is 15.2. The lowest BCUT2D eigenvalue weighted by Crippen LogP contribution is -2.44. The van der Waals surface area contributed by atoms with Crippen LogP contribution < -0.4 is 10.6 Å². The average molecular weight is 282 g/mol. The molecule has 0 spiro atoms. The lowest BCUT2D eigenvalue weighted by Gasteiger charge is -2.25. The third-order valence-electron chi connectivity index (χ3n) is 4.09. The van der Waals surface area contributed by atoms with Crippen LogP contribution in [-0.2, 0) is 0 Å². The molecule has 1 saturated carbocycles. The Kier molecular flexibility index (Phi) is 9.46. The summed E-state index contributed by atoms with van der Waals surface area (Å²) in [5.74, 6) is 1.01. The van der Waals surface area contributed by atoms with Gasteiger partial charge >= 0.3 is 0 Å². The molecule has 118 valence electrons. The minimum Gasteiger partial charge on any atom is -0.357 e. The zero-order valence-corrected chi connectivity index (χ0v) is 13.7. The summed E-state index contributed by atoms with van der Waals surface area (Å²) in [5.41, 5.74) is 0. The summed E-state index contributed by atoms with van der Waals surface area (Å²) in [6, 6.07) is 0.629. The number of rotatable bonds is 8. The van der Waals surface area contributed by atoms with E-state index in [4.69, 9.17) is 4.99 Å². The predicted molar refractivity (Wildman–Crippen MR) is 88.4 cm³/mol. The fourth-order valence-corrected chi connectivity index (χ4v) is 2.79. The van der Waals surface area contributed by atoms with E-state index in [-0.39, 0.29) is 0 Å². The molecule has 0 aliphatic heterocycles. The van der Waals surface area contributed by atoms with Crippen LogP contribution in [0.4, 0.5) is 0 Å². The highest BCUT2D eigenvalue weighted by Crippen LogP contribution is 2.17. The van der Waals surface area contributed by atoms with Crippen LogP contribution in [0.2, 0.25) is 0 Å². The lowest BCUT2D eigenvalue weighted by molar-refractivity contribution is 0.302. The molecule has 0 aromatic rings. The van der Waals surface area contributed by atoms with Crippen LogP contribution >= 0.6 is 0 Å². The van der Waals surface area contributed by atoms with Gasteiger partial charge < -0.3 is 15.5 Å². The minimum absolute atomic E-state index is 0.629. The SMILES string of the molecule is CCNC(=NCCCN(CC)CC)NC1CCCCC1. The number of hydrogen-bond donors (Lipinski definition) is 2. The number of hydrogen-bond acceptors (Lipinski definition) is 2. The van der Waals surface area contributed by atoms with E-state index < -0.39 is 0 Å². The van der Waals surface area contributed by atoms with E-state index in [1.54, 1.807) is 0 Å². The Morgan fingerprint density at radius 1 is 1.10 bits per heavy atom. The minimum atomic E-state index is 0.629. The molecule has 1 aliphatic carbocycles. The molecule has 0 radical (unpaired) electrons. The van der Waals surface area contributed by atoms with Gasteiger partial charge in [-0.2, -0.15) is 0 Å². The van der Waals surface area contributed by atoms with Crippen molar-refractivity contribution in [3.63, 3.8) is 0 Å². The van der Waals surface area contributed by atoms with E-state index in [9.17, 15) is 0 Å². The van der Waals surface area contributed by atoms with Gasteiger partial charge in [-0.3, -0.25) is 4.99 Å². The molecule has 2 N–H and O–H groups in total. The summed E-state index contributed by atoms with van der Waals surface area (Å²) < 4.78 is 0. The van der Waals surface area contributed by atoms with Crippen LogP contribution in [0.15, 0.2) is 4.99 Å². The van der Waals surface area contributed by atoms with E-state index in [1.807, 2.05) is 0 Å². The zero-order valence-electron chi connectivity index (χ0n) is 13.7. The van der Waals surface area contributed by atoms with Crippen molar-refractivity contribution in [1.82, 2.24) is 15.5 Å². The van der Waals surface area contributed by atoms with Gasteiger partial charge in [0.15, 0.2) is 5.96 Å². The van der Waals surface area contributed by atoms with Crippen LogP contribution in [0.3, 0.4) is 0 Å². The Bertz CT molecular complexity index is 255. The highest BCUT2D eigenvalue weighted by molar-refractivity contribution is 5.80. The van der Waals surface area contributed by atoms with Crippen molar-refractivity contribution in [1.29, 1.82) is 0 Å². The number of nitrogens with zero attached hydrogens (tertiary/aromatic N) is 2. The molecule has 0 aromatic heterocycles. The first-order valence-electron chi connectivity index (χ1n) is 8.57. The molecule has 0 amide bonds. The monoisotopic (exact) mass is 282 g/mol. The summed E-state index contributed by atoms with van der Waals surface area (Å²) in [7, 11) is 0. The van der Waals surface area contributed by atoms with E-state index in [0.29, 0.717) is 6.04 Å². The van der Waals surface area contributed by atoms with Crippen molar-refractivity contribution in [3.05, 3.63) is 0 Å². The molecule has 0 atom stereocenters. The fourth-order valence-electron chi connectivity index (χ4n) is 2.79. The van der Waals surface area contributed by atoms with Crippen LogP contribution in [0.25, 0.3) is 0 Å². The van der Waals surface area contributed by atoms with Crippen LogP contribution in [0.1, 0.15) is 59.3 Å². The maximum Gasteiger partial charge on any atom is 0.191 e. The first-order valence-corrected chi connectivity index (χ1v) is 8.57. The van der Waals surface area contributed by atoms with E-state index >= 15 is 0 Å². The Balaban J connectivity index is 2.30. The molecule has 1 fully saturated rings. The molecule has 0 bridgehead atoms. The Hall–Kier alpha value is -0.770. The topological polar surface area (TPSA) is 39.7 Å². The molecule has 0 aromatic carbocycles. The Morgan fingerprint density at radius 3 is 2.40 bits per heavy atom. The third-order valence-corrected chi connectivity index (χ3v) is 4.09. The lowest BCUT2D eigenvalue weighted by atomic mass is 9.96. The summed E-state index contributed by atoms with van der Waals surface area (Å²) in [6.45, 7) is 11.9. The second kappa shape index (κ2) is 11.0. The zero-order chi connectivity index (χ0) is 14.6. The average Bonchev–Trinajstić information content (AvgIpc) is 2.48. The third kappa shape index (κ3) is 7.13. The van der Waals surface area contributed by atoms with E-state index in [1.165, 1.54) is 32.1 Å². The number of guanidine groups is 1. The molecular weight excluding hydrogens is 248 g/mol. The van der Waals surface area contributed by atoms with Crippen molar-refractivity contribution < 1.29 is 0 Å². The summed E-state index contributed by atoms with van der Waals surface area (Å²) in [4.78, 5) is 7.17. The second-order valence-electron chi connectivity index (χ2n) is 5.62. The van der Waals surface area contributed by atoms with Gasteiger partial charge in [0.2, 0.25) is 0 Å². The molecule has 4 heteroatoms. The Morgan fingerprint density at radius 2 is 1.80 bits per heavy atom. The first-order chi connectivity index (χ1) is 9.80. The maximum absolute atomic E-state index is 4.72. The van der Waals surface area contributed by atoms with Crippen LogP contribution in [0.5, 0.6) is 0 Å². The largest absolute Gasteiger partial charge is 0.357 e. The van der Waals surface area contributed by atoms with Crippen LogP contribution in [-0.4, -0.2) is 49.6 Å². The van der Waals surface area contributed by atoms with Gasteiger partial charge in [0, 0.05) is 19.1 Å². The molecule has 1 rings (SSSR count). The molecule has 0 unspecified atom stereocenters. The van der Waals surface area contributed by atoms with E-state index in [0.717, 1.165) is 45.1 Å². The molecule has 20 heavy (non-hydrogen) atoms. The van der Waals surface area contributed by atoms with Gasteiger partial charge in [0.1, 0.15) is 0 Å². The van der Waals surface area contributed by atoms with Crippen molar-refractivity contribution in [2.24, 2.45) is 4.99 Å². The van der Waals surface area contributed by atoms with E-state index in [2.05, 4.69) is 36.3 Å². The van der Waals surface area contributed by atoms with Crippen molar-refractivity contribution in [2.75, 3.05) is 32.7 Å². The van der Waals surface area contributed by atoms with Crippen molar-refractivity contribution in [3.8, 4) is 0 Å². The smallest absolute Gasteiger partial charge is 0.191 e. The predicted octanol–water partition coefficient (Wildman–Crippen LogP) is 2.61. The van der Waals surface area contributed by atoms with Gasteiger partial charge in [0.25, 0.3) is 0 Å². The molecule has 0 heterocycles. The summed E-state index contributed by atoms with van der Waals surface area (Å²) >= 11 is 0. The quantitative estimate of drug-likeness (QED) is 0.408. The molecule has 4 nitrogen and oxygen atoms in total. The van der Waals surface area contributed by atoms with Crippen molar-refractivity contribution >= 4 is 5.96 Å². The molecular formula is C16H34N4. The normalized spacial score (nSPS) is 17.5. The maximum atomic E-state index is 4.72. The first kappa shape index (κ1) is 17.3. The number of nitrogens with one attached hydrogen (secondary N) is 2.